The van der Waals surface area contributed by atoms with Gasteiger partial charge in [0.25, 0.3) is 0 Å². The van der Waals surface area contributed by atoms with Gasteiger partial charge in [0.1, 0.15) is 6.04 Å². The summed E-state index contributed by atoms with van der Waals surface area (Å²) in [4.78, 5) is 40.1. The molecule has 2 aromatic rings. The van der Waals surface area contributed by atoms with Crippen LogP contribution < -0.4 is 5.32 Å². The topological polar surface area (TPSA) is 66.5 Å². The minimum Gasteiger partial charge on any atom is -0.324 e. The molecule has 2 aliphatic rings. The molecule has 1 saturated heterocycles. The van der Waals surface area contributed by atoms with Gasteiger partial charge in [-0.3, -0.25) is 14.4 Å². The fourth-order valence-electron chi connectivity index (χ4n) is 4.00. The Morgan fingerprint density at radius 3 is 2.41 bits per heavy atom. The number of rotatable bonds is 5. The van der Waals surface area contributed by atoms with E-state index in [9.17, 15) is 14.4 Å². The molecule has 2 fully saturated rings. The van der Waals surface area contributed by atoms with Crippen LogP contribution in [0, 0.1) is 5.92 Å². The number of benzene rings is 2. The summed E-state index contributed by atoms with van der Waals surface area (Å²) in [5.74, 6) is 1.07. The molecule has 4 rings (SSSR count). The third-order valence-electron chi connectivity index (χ3n) is 5.60. The minimum absolute atomic E-state index is 0.0656. The lowest BCUT2D eigenvalue weighted by Crippen LogP contribution is -2.46. The summed E-state index contributed by atoms with van der Waals surface area (Å²) in [7, 11) is 0. The average molecular weight is 409 g/mol. The Hall–Kier alpha value is -2.60. The molecular weight excluding hydrogens is 384 g/mol. The van der Waals surface area contributed by atoms with E-state index in [1.807, 2.05) is 18.2 Å². The number of ketones is 1. The van der Waals surface area contributed by atoms with E-state index in [0.717, 1.165) is 25.7 Å². The first-order valence-electron chi connectivity index (χ1n) is 10.0. The van der Waals surface area contributed by atoms with E-state index in [4.69, 9.17) is 0 Å². The highest BCUT2D eigenvalue weighted by Gasteiger charge is 2.38. The van der Waals surface area contributed by atoms with Gasteiger partial charge in [-0.15, -0.1) is 11.8 Å². The average Bonchev–Trinajstić information content (AvgIpc) is 3.46. The molecule has 1 aliphatic heterocycles. The quantitative estimate of drug-likeness (QED) is 0.761. The lowest BCUT2D eigenvalue weighted by molar-refractivity contribution is -0.139. The summed E-state index contributed by atoms with van der Waals surface area (Å²) in [6.07, 6.45) is 4.04. The van der Waals surface area contributed by atoms with Crippen LogP contribution in [0.3, 0.4) is 0 Å². The van der Waals surface area contributed by atoms with E-state index < -0.39 is 6.04 Å². The molecule has 0 bridgehead atoms. The van der Waals surface area contributed by atoms with Crippen molar-refractivity contribution in [2.75, 3.05) is 16.9 Å². The largest absolute Gasteiger partial charge is 0.324 e. The fraction of sp³-hybridized carbons (Fsp3) is 0.348. The highest BCUT2D eigenvalue weighted by molar-refractivity contribution is 7.99. The standard InChI is InChI=1S/C23H24N2O3S/c26-21(16-7-2-1-3-8-16)18-11-6-12-19(13-18)24-22(27)20-14-29-15-25(20)23(28)17-9-4-5-10-17/h1-3,6-8,11-13,17,20H,4-5,9-10,14-15H2,(H,24,27). The summed E-state index contributed by atoms with van der Waals surface area (Å²) < 4.78 is 0. The van der Waals surface area contributed by atoms with Crippen molar-refractivity contribution in [2.24, 2.45) is 5.92 Å². The molecule has 6 heteroatoms. The van der Waals surface area contributed by atoms with Crippen LogP contribution in [0.2, 0.25) is 0 Å². The van der Waals surface area contributed by atoms with Gasteiger partial charge in [0.05, 0.1) is 5.88 Å². The van der Waals surface area contributed by atoms with Crippen molar-refractivity contribution in [1.82, 2.24) is 4.90 Å². The molecular formula is C23H24N2O3S. The zero-order valence-corrected chi connectivity index (χ0v) is 17.0. The normalized spacial score (nSPS) is 19.3. The van der Waals surface area contributed by atoms with Gasteiger partial charge < -0.3 is 10.2 Å². The van der Waals surface area contributed by atoms with E-state index in [2.05, 4.69) is 5.32 Å². The van der Waals surface area contributed by atoms with E-state index in [0.29, 0.717) is 28.4 Å². The van der Waals surface area contributed by atoms with Crippen LogP contribution in [0.4, 0.5) is 5.69 Å². The molecule has 1 N–H and O–H groups in total. The Morgan fingerprint density at radius 2 is 1.66 bits per heavy atom. The molecule has 1 atom stereocenters. The smallest absolute Gasteiger partial charge is 0.248 e. The van der Waals surface area contributed by atoms with Crippen LogP contribution in [0.5, 0.6) is 0 Å². The highest BCUT2D eigenvalue weighted by atomic mass is 32.2. The lowest BCUT2D eigenvalue weighted by Gasteiger charge is -2.25. The van der Waals surface area contributed by atoms with Crippen LogP contribution in [0.15, 0.2) is 54.6 Å². The van der Waals surface area contributed by atoms with Gasteiger partial charge in [0, 0.05) is 28.5 Å². The molecule has 2 amide bonds. The Morgan fingerprint density at radius 1 is 0.931 bits per heavy atom. The SMILES string of the molecule is O=C(c1ccccc1)c1cccc(NC(=O)C2CSCN2C(=O)C2CCCC2)c1. The number of amides is 2. The first-order chi connectivity index (χ1) is 14.1. The molecule has 1 saturated carbocycles. The summed E-state index contributed by atoms with van der Waals surface area (Å²) in [5.41, 5.74) is 1.70. The van der Waals surface area contributed by atoms with Crippen molar-refractivity contribution < 1.29 is 14.4 Å². The van der Waals surface area contributed by atoms with Crippen LogP contribution in [0.1, 0.15) is 41.6 Å². The fourth-order valence-corrected chi connectivity index (χ4v) is 5.17. The van der Waals surface area contributed by atoms with Crippen molar-refractivity contribution in [3.63, 3.8) is 0 Å². The molecule has 1 aliphatic carbocycles. The Bertz CT molecular complexity index is 909. The summed E-state index contributed by atoms with van der Waals surface area (Å²) >= 11 is 1.61. The van der Waals surface area contributed by atoms with Crippen LogP contribution >= 0.6 is 11.8 Å². The molecule has 0 spiro atoms. The number of hydrogen-bond acceptors (Lipinski definition) is 4. The Kier molecular flexibility index (Phi) is 6.00. The van der Waals surface area contributed by atoms with E-state index in [-0.39, 0.29) is 23.5 Å². The molecule has 5 nitrogen and oxygen atoms in total. The third-order valence-corrected chi connectivity index (χ3v) is 6.61. The number of nitrogens with one attached hydrogen (secondary N) is 1. The molecule has 29 heavy (non-hydrogen) atoms. The second kappa shape index (κ2) is 8.82. The molecule has 150 valence electrons. The molecule has 0 aromatic heterocycles. The van der Waals surface area contributed by atoms with Gasteiger partial charge in [-0.2, -0.15) is 0 Å². The number of carbonyl (C=O) groups excluding carboxylic acids is 3. The number of nitrogens with zero attached hydrogens (tertiary/aromatic N) is 1. The van der Waals surface area contributed by atoms with Crippen molar-refractivity contribution in [3.8, 4) is 0 Å². The molecule has 0 radical (unpaired) electrons. The van der Waals surface area contributed by atoms with Crippen molar-refractivity contribution in [3.05, 3.63) is 65.7 Å². The van der Waals surface area contributed by atoms with Crippen LogP contribution in [-0.2, 0) is 9.59 Å². The highest BCUT2D eigenvalue weighted by Crippen LogP contribution is 2.31. The van der Waals surface area contributed by atoms with Crippen LogP contribution in [-0.4, -0.2) is 40.2 Å². The maximum absolute atomic E-state index is 12.9. The van der Waals surface area contributed by atoms with E-state index in [1.165, 1.54) is 0 Å². The van der Waals surface area contributed by atoms with E-state index in [1.54, 1.807) is 53.1 Å². The third kappa shape index (κ3) is 4.37. The second-order valence-electron chi connectivity index (χ2n) is 7.57. The van der Waals surface area contributed by atoms with Gasteiger partial charge in [-0.25, -0.2) is 0 Å². The van der Waals surface area contributed by atoms with Gasteiger partial charge in [0.2, 0.25) is 11.8 Å². The number of thioether (sulfide) groups is 1. The van der Waals surface area contributed by atoms with Gasteiger partial charge in [-0.05, 0) is 25.0 Å². The van der Waals surface area contributed by atoms with Crippen molar-refractivity contribution >= 4 is 35.0 Å². The second-order valence-corrected chi connectivity index (χ2v) is 8.57. The summed E-state index contributed by atoms with van der Waals surface area (Å²) in [5, 5.41) is 2.91. The Labute approximate surface area is 174 Å². The number of anilines is 1. The Balaban J connectivity index is 1.45. The predicted molar refractivity (Wildman–Crippen MR) is 115 cm³/mol. The first kappa shape index (κ1) is 19.7. The molecule has 2 aromatic carbocycles. The van der Waals surface area contributed by atoms with Crippen molar-refractivity contribution in [2.45, 2.75) is 31.7 Å². The summed E-state index contributed by atoms with van der Waals surface area (Å²) in [6, 6.07) is 15.6. The minimum atomic E-state index is -0.457. The maximum Gasteiger partial charge on any atom is 0.248 e. The number of carbonyl (C=O) groups is 3. The van der Waals surface area contributed by atoms with Gasteiger partial charge in [-0.1, -0.05) is 55.3 Å². The first-order valence-corrected chi connectivity index (χ1v) is 11.2. The van der Waals surface area contributed by atoms with Gasteiger partial charge in [0.15, 0.2) is 5.78 Å². The summed E-state index contributed by atoms with van der Waals surface area (Å²) in [6.45, 7) is 0. The maximum atomic E-state index is 12.9. The molecule has 1 heterocycles. The lowest BCUT2D eigenvalue weighted by atomic mass is 10.0. The predicted octanol–water partition coefficient (Wildman–Crippen LogP) is 3.95. The van der Waals surface area contributed by atoms with Crippen LogP contribution in [0.25, 0.3) is 0 Å². The number of hydrogen-bond donors (Lipinski definition) is 1. The monoisotopic (exact) mass is 408 g/mol. The zero-order chi connectivity index (χ0) is 20.2. The van der Waals surface area contributed by atoms with E-state index >= 15 is 0 Å². The zero-order valence-electron chi connectivity index (χ0n) is 16.2. The van der Waals surface area contributed by atoms with Gasteiger partial charge >= 0.3 is 0 Å². The molecule has 1 unspecified atom stereocenters. The van der Waals surface area contributed by atoms with Crippen molar-refractivity contribution in [1.29, 1.82) is 0 Å².